The molecule has 1 aliphatic rings. The number of carbonyl (C=O) groups is 2. The first-order chi connectivity index (χ1) is 10.7. The molecule has 1 aliphatic heterocycles. The minimum atomic E-state index is -0.191. The number of nitrogens with zero attached hydrogens (tertiary/aromatic N) is 1. The molecule has 0 atom stereocenters. The van der Waals surface area contributed by atoms with Gasteiger partial charge in [-0.25, -0.2) is 0 Å². The van der Waals surface area contributed by atoms with E-state index in [0.29, 0.717) is 17.7 Å². The Morgan fingerprint density at radius 2 is 1.77 bits per heavy atom. The molecule has 1 saturated heterocycles. The van der Waals surface area contributed by atoms with Crippen molar-refractivity contribution in [3.8, 4) is 0 Å². The normalized spacial score (nSPS) is 14.7. The van der Waals surface area contributed by atoms with Gasteiger partial charge in [0.15, 0.2) is 5.78 Å². The predicted molar refractivity (Wildman–Crippen MR) is 89.5 cm³/mol. The van der Waals surface area contributed by atoms with Gasteiger partial charge in [-0.3, -0.25) is 14.5 Å². The summed E-state index contributed by atoms with van der Waals surface area (Å²) in [5.41, 5.74) is 0.915. The molecule has 0 unspecified atom stereocenters. The molecule has 0 saturated carbocycles. The molecule has 5 heteroatoms. The zero-order valence-electron chi connectivity index (χ0n) is 13.7. The van der Waals surface area contributed by atoms with E-state index in [9.17, 15) is 9.59 Å². The second-order valence-corrected chi connectivity index (χ2v) is 4.81. The van der Waals surface area contributed by atoms with Crippen molar-refractivity contribution in [2.24, 2.45) is 0 Å². The quantitative estimate of drug-likeness (QED) is 0.847. The highest BCUT2D eigenvalue weighted by molar-refractivity contribution is 6.07. The molecule has 1 aromatic rings. The van der Waals surface area contributed by atoms with Crippen LogP contribution in [0, 0.1) is 0 Å². The Hall–Kier alpha value is -1.72. The average molecular weight is 308 g/mol. The molecule has 0 aliphatic carbocycles. The number of ether oxygens (including phenoxy) is 1. The van der Waals surface area contributed by atoms with Crippen LogP contribution in [0.15, 0.2) is 24.3 Å². The summed E-state index contributed by atoms with van der Waals surface area (Å²) in [6, 6.07) is 6.89. The third kappa shape index (κ3) is 5.58. The van der Waals surface area contributed by atoms with E-state index in [1.54, 1.807) is 24.3 Å². The minimum absolute atomic E-state index is 0. The zero-order chi connectivity index (χ0) is 16.4. The van der Waals surface area contributed by atoms with Crippen molar-refractivity contribution in [1.82, 2.24) is 10.2 Å². The number of rotatable bonds is 5. The fourth-order valence-corrected chi connectivity index (χ4v) is 2.24. The van der Waals surface area contributed by atoms with Crippen molar-refractivity contribution in [3.05, 3.63) is 35.4 Å². The van der Waals surface area contributed by atoms with Crippen LogP contribution < -0.4 is 5.32 Å². The summed E-state index contributed by atoms with van der Waals surface area (Å²) in [5, 5.41) is 2.87. The summed E-state index contributed by atoms with van der Waals surface area (Å²) in [5.74, 6) is -0.284. The molecule has 1 fully saturated rings. The van der Waals surface area contributed by atoms with E-state index >= 15 is 0 Å². The van der Waals surface area contributed by atoms with Crippen LogP contribution in [-0.4, -0.2) is 56.0 Å². The summed E-state index contributed by atoms with van der Waals surface area (Å²) in [6.07, 6.45) is 0. The molecule has 0 radical (unpaired) electrons. The van der Waals surface area contributed by atoms with Crippen LogP contribution in [0.4, 0.5) is 0 Å². The maximum Gasteiger partial charge on any atom is 0.252 e. The van der Waals surface area contributed by atoms with Gasteiger partial charge in [-0.2, -0.15) is 0 Å². The molecule has 124 valence electrons. The van der Waals surface area contributed by atoms with Gasteiger partial charge in [-0.1, -0.05) is 32.0 Å². The second kappa shape index (κ2) is 10.1. The van der Waals surface area contributed by atoms with E-state index in [1.165, 1.54) is 6.92 Å². The average Bonchev–Trinajstić information content (AvgIpc) is 2.57. The first kappa shape index (κ1) is 18.3. The van der Waals surface area contributed by atoms with Crippen molar-refractivity contribution in [1.29, 1.82) is 0 Å². The maximum absolute atomic E-state index is 12.1. The lowest BCUT2D eigenvalue weighted by molar-refractivity contribution is 0.0383. The van der Waals surface area contributed by atoms with Gasteiger partial charge in [0.1, 0.15) is 0 Å². The lowest BCUT2D eigenvalue weighted by atomic mass is 10.0. The third-order valence-corrected chi connectivity index (χ3v) is 3.37. The summed E-state index contributed by atoms with van der Waals surface area (Å²) in [6.45, 7) is 10.2. The summed E-state index contributed by atoms with van der Waals surface area (Å²) < 4.78 is 5.27. The number of nitrogens with one attached hydrogen (secondary N) is 1. The highest BCUT2D eigenvalue weighted by Crippen LogP contribution is 2.09. The molecule has 1 aromatic carbocycles. The maximum atomic E-state index is 12.1. The summed E-state index contributed by atoms with van der Waals surface area (Å²) in [4.78, 5) is 25.8. The van der Waals surface area contributed by atoms with E-state index < -0.39 is 0 Å². The Balaban J connectivity index is 0.00000155. The van der Waals surface area contributed by atoms with Crippen LogP contribution in [-0.2, 0) is 4.74 Å². The minimum Gasteiger partial charge on any atom is -0.379 e. The molecule has 22 heavy (non-hydrogen) atoms. The van der Waals surface area contributed by atoms with Gasteiger partial charge < -0.3 is 10.1 Å². The van der Waals surface area contributed by atoms with Crippen LogP contribution in [0.2, 0.25) is 0 Å². The summed E-state index contributed by atoms with van der Waals surface area (Å²) in [7, 11) is 0. The number of amides is 1. The Bertz CT molecular complexity index is 488. The SMILES string of the molecule is CC.CC(=O)c1ccccc1C(=O)NCCN1CCOCC1.[HH]. The molecule has 2 rings (SSSR count). The third-order valence-electron chi connectivity index (χ3n) is 3.37. The highest BCUT2D eigenvalue weighted by atomic mass is 16.5. The Kier molecular flexibility index (Phi) is 8.40. The van der Waals surface area contributed by atoms with Crippen molar-refractivity contribution < 1.29 is 15.8 Å². The van der Waals surface area contributed by atoms with Crippen LogP contribution in [0.5, 0.6) is 0 Å². The Morgan fingerprint density at radius 1 is 1.18 bits per heavy atom. The zero-order valence-corrected chi connectivity index (χ0v) is 13.7. The number of ketones is 1. The lowest BCUT2D eigenvalue weighted by Gasteiger charge is -2.26. The van der Waals surface area contributed by atoms with Gasteiger partial charge >= 0.3 is 0 Å². The number of carbonyl (C=O) groups excluding carboxylic acids is 2. The van der Waals surface area contributed by atoms with Gasteiger partial charge in [0.05, 0.1) is 18.8 Å². The van der Waals surface area contributed by atoms with Crippen LogP contribution in [0.3, 0.4) is 0 Å². The van der Waals surface area contributed by atoms with Crippen molar-refractivity contribution in [3.63, 3.8) is 0 Å². The smallest absolute Gasteiger partial charge is 0.252 e. The molecule has 0 spiro atoms. The second-order valence-electron chi connectivity index (χ2n) is 4.81. The first-order valence-corrected chi connectivity index (χ1v) is 7.87. The van der Waals surface area contributed by atoms with Gasteiger partial charge in [-0.15, -0.1) is 0 Å². The Labute approximate surface area is 134 Å². The molecule has 0 aromatic heterocycles. The Morgan fingerprint density at radius 3 is 2.36 bits per heavy atom. The predicted octanol–water partition coefficient (Wildman–Crippen LogP) is 2.22. The van der Waals surface area contributed by atoms with E-state index in [0.717, 1.165) is 32.8 Å². The van der Waals surface area contributed by atoms with Gasteiger partial charge in [0.2, 0.25) is 0 Å². The van der Waals surface area contributed by atoms with E-state index in [1.807, 2.05) is 13.8 Å². The van der Waals surface area contributed by atoms with Crippen LogP contribution >= 0.6 is 0 Å². The fourth-order valence-electron chi connectivity index (χ4n) is 2.24. The standard InChI is InChI=1S/C15H20N2O3.C2H6.H2/c1-12(18)13-4-2-3-5-14(13)15(19)16-6-7-17-8-10-20-11-9-17;1-2;/h2-5H,6-11H2,1H3,(H,16,19);1-2H3;1H. The van der Waals surface area contributed by atoms with E-state index in [4.69, 9.17) is 4.74 Å². The fraction of sp³-hybridized carbons (Fsp3) is 0.529. The molecule has 1 N–H and O–H groups in total. The molecular weight excluding hydrogens is 280 g/mol. The monoisotopic (exact) mass is 308 g/mol. The molecule has 5 nitrogen and oxygen atoms in total. The van der Waals surface area contributed by atoms with Gasteiger partial charge in [-0.05, 0) is 13.0 Å². The van der Waals surface area contributed by atoms with E-state index in [-0.39, 0.29) is 13.1 Å². The molecule has 0 bridgehead atoms. The lowest BCUT2D eigenvalue weighted by Crippen LogP contribution is -2.41. The molecular formula is C17H28N2O3. The number of hydrogen-bond acceptors (Lipinski definition) is 4. The van der Waals surface area contributed by atoms with Gasteiger partial charge in [0.25, 0.3) is 5.91 Å². The van der Waals surface area contributed by atoms with Crippen molar-refractivity contribution in [2.75, 3.05) is 39.4 Å². The number of morpholine rings is 1. The topological polar surface area (TPSA) is 58.6 Å². The van der Waals surface area contributed by atoms with Crippen molar-refractivity contribution >= 4 is 11.7 Å². The summed E-state index contributed by atoms with van der Waals surface area (Å²) >= 11 is 0. The number of hydrogen-bond donors (Lipinski definition) is 1. The number of benzene rings is 1. The molecule has 1 heterocycles. The largest absolute Gasteiger partial charge is 0.379 e. The highest BCUT2D eigenvalue weighted by Gasteiger charge is 2.14. The molecule has 1 amide bonds. The van der Waals surface area contributed by atoms with Crippen LogP contribution in [0.25, 0.3) is 0 Å². The first-order valence-electron chi connectivity index (χ1n) is 7.87. The van der Waals surface area contributed by atoms with Crippen LogP contribution in [0.1, 0.15) is 42.9 Å². The van der Waals surface area contributed by atoms with Gasteiger partial charge in [0, 0.05) is 33.2 Å². The van der Waals surface area contributed by atoms with E-state index in [2.05, 4.69) is 10.2 Å². The number of Topliss-reactive ketones (excluding diaryl/α,β-unsaturated/α-hetero) is 1. The van der Waals surface area contributed by atoms with Crippen molar-refractivity contribution in [2.45, 2.75) is 20.8 Å².